The van der Waals surface area contributed by atoms with E-state index in [2.05, 4.69) is 0 Å². The molecule has 3 aromatic carbocycles. The highest BCUT2D eigenvalue weighted by atomic mass is 16.6. The Bertz CT molecular complexity index is 1520. The molecule has 1 unspecified atom stereocenters. The highest BCUT2D eigenvalue weighted by molar-refractivity contribution is 5.85. The first-order chi connectivity index (χ1) is 18.5. The maximum atomic E-state index is 13.8. The Labute approximate surface area is 220 Å². The normalized spacial score (nSPS) is 13.2. The molecular weight excluding hydrogens is 484 g/mol. The molecule has 1 aliphatic rings. The molecule has 0 bridgehead atoms. The molecule has 1 aromatic heterocycles. The lowest BCUT2D eigenvalue weighted by Gasteiger charge is -2.21. The van der Waals surface area contributed by atoms with E-state index in [1.807, 2.05) is 61.5 Å². The van der Waals surface area contributed by atoms with E-state index in [-0.39, 0.29) is 12.0 Å². The standard InChI is InChI=1S/C31H30O7/c1-4-9-21-16-23-26(18-25(21)38-30(31(33)34-5-2)20-10-7-6-8-11-20)37-19(3)28(29(23)32)22-12-13-24-27(17-22)36-15-14-35-24/h6-8,10-13,16-18,30H,4-5,9,14-15H2,1-3H3. The zero-order valence-electron chi connectivity index (χ0n) is 21.7. The SMILES string of the molecule is CCCc1cc2c(=O)c(-c3ccc4c(c3)OCCO4)c(C)oc2cc1OC(C(=O)OCC)c1ccccc1. The number of carbonyl (C=O) groups is 1. The summed E-state index contributed by atoms with van der Waals surface area (Å²) < 4.78 is 29.1. The number of benzene rings is 3. The lowest BCUT2D eigenvalue weighted by Crippen LogP contribution is -2.22. The van der Waals surface area contributed by atoms with Gasteiger partial charge in [-0.3, -0.25) is 4.79 Å². The van der Waals surface area contributed by atoms with Crippen LogP contribution in [-0.2, 0) is 16.0 Å². The number of carbonyl (C=O) groups excluding carboxylic acids is 1. The van der Waals surface area contributed by atoms with Crippen molar-refractivity contribution >= 4 is 16.9 Å². The Balaban J connectivity index is 1.60. The fraction of sp³-hybridized carbons (Fsp3) is 0.290. The zero-order valence-corrected chi connectivity index (χ0v) is 21.7. The van der Waals surface area contributed by atoms with Crippen molar-refractivity contribution in [2.75, 3.05) is 19.8 Å². The van der Waals surface area contributed by atoms with Gasteiger partial charge in [-0.05, 0) is 49.6 Å². The van der Waals surface area contributed by atoms with E-state index in [1.165, 1.54) is 0 Å². The first-order valence-electron chi connectivity index (χ1n) is 12.9. The Kier molecular flexibility index (Phi) is 7.36. The van der Waals surface area contributed by atoms with Crippen molar-refractivity contribution in [3.05, 3.63) is 87.8 Å². The van der Waals surface area contributed by atoms with Crippen LogP contribution < -0.4 is 19.6 Å². The van der Waals surface area contributed by atoms with Crippen LogP contribution in [0.3, 0.4) is 0 Å². The van der Waals surface area contributed by atoms with Crippen molar-refractivity contribution in [2.45, 2.75) is 39.7 Å². The van der Waals surface area contributed by atoms with Crippen molar-refractivity contribution in [1.82, 2.24) is 0 Å². The van der Waals surface area contributed by atoms with Crippen LogP contribution in [0.15, 0.2) is 69.9 Å². The van der Waals surface area contributed by atoms with Crippen LogP contribution in [0, 0.1) is 6.92 Å². The van der Waals surface area contributed by atoms with Gasteiger partial charge in [0.25, 0.3) is 0 Å². The number of hydrogen-bond donors (Lipinski definition) is 0. The van der Waals surface area contributed by atoms with E-state index < -0.39 is 12.1 Å². The first-order valence-corrected chi connectivity index (χ1v) is 12.9. The maximum Gasteiger partial charge on any atom is 0.352 e. The van der Waals surface area contributed by atoms with Gasteiger partial charge in [-0.2, -0.15) is 0 Å². The summed E-state index contributed by atoms with van der Waals surface area (Å²) in [5.74, 6) is 1.74. The third-order valence-electron chi connectivity index (χ3n) is 6.45. The summed E-state index contributed by atoms with van der Waals surface area (Å²) in [5, 5.41) is 0.448. The fourth-order valence-electron chi connectivity index (χ4n) is 4.71. The van der Waals surface area contributed by atoms with Crippen LogP contribution in [0.2, 0.25) is 0 Å². The van der Waals surface area contributed by atoms with Gasteiger partial charge in [-0.15, -0.1) is 0 Å². The van der Waals surface area contributed by atoms with Crippen LogP contribution in [0.5, 0.6) is 17.2 Å². The molecule has 0 saturated carbocycles. The van der Waals surface area contributed by atoms with Crippen molar-refractivity contribution in [2.24, 2.45) is 0 Å². The molecule has 0 aliphatic carbocycles. The Morgan fingerprint density at radius 2 is 1.74 bits per heavy atom. The van der Waals surface area contributed by atoms with E-state index in [9.17, 15) is 9.59 Å². The van der Waals surface area contributed by atoms with Crippen LogP contribution in [0.1, 0.15) is 43.3 Å². The summed E-state index contributed by atoms with van der Waals surface area (Å²) in [6.45, 7) is 6.76. The highest BCUT2D eigenvalue weighted by Gasteiger charge is 2.26. The Morgan fingerprint density at radius 3 is 2.47 bits per heavy atom. The second-order valence-corrected chi connectivity index (χ2v) is 9.09. The van der Waals surface area contributed by atoms with Crippen molar-refractivity contribution in [1.29, 1.82) is 0 Å². The van der Waals surface area contributed by atoms with E-state index in [4.69, 9.17) is 23.4 Å². The van der Waals surface area contributed by atoms with Crippen molar-refractivity contribution < 1.29 is 28.2 Å². The maximum absolute atomic E-state index is 13.8. The minimum absolute atomic E-state index is 0.144. The molecule has 4 aromatic rings. The molecule has 0 N–H and O–H groups in total. The fourth-order valence-corrected chi connectivity index (χ4v) is 4.71. The molecule has 1 atom stereocenters. The van der Waals surface area contributed by atoms with Crippen LogP contribution >= 0.6 is 0 Å². The average molecular weight is 515 g/mol. The van der Waals surface area contributed by atoms with Gasteiger partial charge in [0.1, 0.15) is 30.3 Å². The number of esters is 1. The average Bonchev–Trinajstić information content (AvgIpc) is 2.93. The summed E-state index contributed by atoms with van der Waals surface area (Å²) in [4.78, 5) is 26.6. The third-order valence-corrected chi connectivity index (χ3v) is 6.45. The second kappa shape index (κ2) is 11.0. The summed E-state index contributed by atoms with van der Waals surface area (Å²) >= 11 is 0. The monoisotopic (exact) mass is 514 g/mol. The number of fused-ring (bicyclic) bond motifs is 2. The summed E-state index contributed by atoms with van der Waals surface area (Å²) in [5.41, 5.74) is 2.91. The molecule has 0 fully saturated rings. The Hall–Kier alpha value is -4.26. The number of aryl methyl sites for hydroxylation is 2. The topological polar surface area (TPSA) is 84.2 Å². The van der Waals surface area contributed by atoms with E-state index in [0.29, 0.717) is 70.3 Å². The summed E-state index contributed by atoms with van der Waals surface area (Å²) in [6.07, 6.45) is 0.528. The third kappa shape index (κ3) is 4.96. The van der Waals surface area contributed by atoms with Gasteiger partial charge in [-0.25, -0.2) is 4.79 Å². The quantitative estimate of drug-likeness (QED) is 0.260. The van der Waals surface area contributed by atoms with Gasteiger partial charge in [-0.1, -0.05) is 49.7 Å². The summed E-state index contributed by atoms with van der Waals surface area (Å²) in [6, 6.07) is 18.2. The van der Waals surface area contributed by atoms with E-state index in [1.54, 1.807) is 19.9 Å². The second-order valence-electron chi connectivity index (χ2n) is 9.09. The largest absolute Gasteiger partial charge is 0.486 e. The Morgan fingerprint density at radius 1 is 0.974 bits per heavy atom. The predicted octanol–water partition coefficient (Wildman–Crippen LogP) is 6.18. The van der Waals surface area contributed by atoms with Crippen molar-refractivity contribution in [3.8, 4) is 28.4 Å². The molecule has 196 valence electrons. The molecule has 2 heterocycles. The van der Waals surface area contributed by atoms with Crippen LogP contribution in [-0.4, -0.2) is 25.8 Å². The molecule has 0 radical (unpaired) electrons. The minimum Gasteiger partial charge on any atom is -0.486 e. The zero-order chi connectivity index (χ0) is 26.6. The molecule has 5 rings (SSSR count). The van der Waals surface area contributed by atoms with Crippen molar-refractivity contribution in [3.63, 3.8) is 0 Å². The first kappa shape index (κ1) is 25.4. The number of hydrogen-bond acceptors (Lipinski definition) is 7. The van der Waals surface area contributed by atoms with Gasteiger partial charge in [0.15, 0.2) is 11.5 Å². The molecule has 0 amide bonds. The smallest absolute Gasteiger partial charge is 0.352 e. The van der Waals surface area contributed by atoms with Gasteiger partial charge < -0.3 is 23.4 Å². The lowest BCUT2D eigenvalue weighted by atomic mass is 9.99. The van der Waals surface area contributed by atoms with Gasteiger partial charge in [0.2, 0.25) is 11.5 Å². The molecule has 0 saturated heterocycles. The number of rotatable bonds is 8. The molecule has 1 aliphatic heterocycles. The van der Waals surface area contributed by atoms with E-state index in [0.717, 1.165) is 12.0 Å². The number of ether oxygens (including phenoxy) is 4. The molecule has 7 nitrogen and oxygen atoms in total. The minimum atomic E-state index is -0.950. The molecule has 38 heavy (non-hydrogen) atoms. The summed E-state index contributed by atoms with van der Waals surface area (Å²) in [7, 11) is 0. The van der Waals surface area contributed by atoms with Gasteiger partial charge in [0, 0.05) is 11.6 Å². The van der Waals surface area contributed by atoms with Gasteiger partial charge in [0.05, 0.1) is 17.6 Å². The van der Waals surface area contributed by atoms with Gasteiger partial charge >= 0.3 is 5.97 Å². The lowest BCUT2D eigenvalue weighted by molar-refractivity contribution is -0.151. The van der Waals surface area contributed by atoms with Crippen LogP contribution in [0.25, 0.3) is 22.1 Å². The highest BCUT2D eigenvalue weighted by Crippen LogP contribution is 2.36. The molecule has 0 spiro atoms. The van der Waals surface area contributed by atoms with Crippen LogP contribution in [0.4, 0.5) is 0 Å². The molecule has 7 heteroatoms. The predicted molar refractivity (Wildman–Crippen MR) is 144 cm³/mol. The van der Waals surface area contributed by atoms with E-state index >= 15 is 0 Å². The molecular formula is C31H30O7.